The Morgan fingerprint density at radius 3 is 2.57 bits per heavy atom. The first-order valence-electron chi connectivity index (χ1n) is 10.3. The summed E-state index contributed by atoms with van der Waals surface area (Å²) in [7, 11) is 0. The zero-order chi connectivity index (χ0) is 21.5. The molecule has 30 heavy (non-hydrogen) atoms. The number of aromatic nitrogens is 1. The van der Waals surface area contributed by atoms with Crippen molar-refractivity contribution in [2.45, 2.75) is 57.3 Å². The molecule has 4 rings (SSSR count). The summed E-state index contributed by atoms with van der Waals surface area (Å²) >= 11 is 0. The fraction of sp³-hybridized carbons (Fsp3) is 0.435. The molecule has 0 spiro atoms. The highest BCUT2D eigenvalue weighted by Gasteiger charge is 2.42. The number of nitriles is 1. The smallest absolute Gasteiger partial charge is 0.354 e. The second-order valence-corrected chi connectivity index (χ2v) is 8.01. The van der Waals surface area contributed by atoms with Crippen LogP contribution in [0.25, 0.3) is 16.6 Å². The summed E-state index contributed by atoms with van der Waals surface area (Å²) in [4.78, 5) is 1.28. The SMILES string of the molecule is C[C@H](N1CC=CC=C1c1c(C#N)c2cc(F)ccc2n1C1CCCCC1)C(F)(F)F. The minimum absolute atomic E-state index is 0.0682. The molecule has 1 aliphatic heterocycles. The third-order valence-corrected chi connectivity index (χ3v) is 6.20. The lowest BCUT2D eigenvalue weighted by atomic mass is 9.94. The molecule has 3 nitrogen and oxygen atoms in total. The van der Waals surface area contributed by atoms with Crippen molar-refractivity contribution in [3.05, 3.63) is 53.5 Å². The lowest BCUT2D eigenvalue weighted by molar-refractivity contribution is -0.169. The lowest BCUT2D eigenvalue weighted by Gasteiger charge is -2.36. The van der Waals surface area contributed by atoms with Gasteiger partial charge in [0.1, 0.15) is 17.9 Å². The van der Waals surface area contributed by atoms with E-state index < -0.39 is 18.0 Å². The summed E-state index contributed by atoms with van der Waals surface area (Å²) in [5.74, 6) is -0.468. The summed E-state index contributed by atoms with van der Waals surface area (Å²) in [6.07, 6.45) is 5.55. The number of benzene rings is 1. The maximum absolute atomic E-state index is 14.0. The molecular weight excluding hydrogens is 394 g/mol. The van der Waals surface area contributed by atoms with E-state index in [0.29, 0.717) is 22.3 Å². The van der Waals surface area contributed by atoms with Crippen LogP contribution < -0.4 is 0 Å². The van der Waals surface area contributed by atoms with Crippen LogP contribution in [-0.2, 0) is 0 Å². The minimum Gasteiger partial charge on any atom is -0.354 e. The van der Waals surface area contributed by atoms with Gasteiger partial charge in [-0.2, -0.15) is 18.4 Å². The molecule has 0 amide bonds. The van der Waals surface area contributed by atoms with E-state index in [9.17, 15) is 22.8 Å². The Bertz CT molecular complexity index is 1050. The second kappa shape index (κ2) is 7.82. The number of halogens is 4. The molecular formula is C23H23F4N3. The van der Waals surface area contributed by atoms with Crippen LogP contribution in [0.2, 0.25) is 0 Å². The van der Waals surface area contributed by atoms with Crippen LogP contribution in [-0.4, -0.2) is 28.2 Å². The molecule has 1 atom stereocenters. The van der Waals surface area contributed by atoms with Crippen LogP contribution in [0.15, 0.2) is 36.4 Å². The van der Waals surface area contributed by atoms with Gasteiger partial charge < -0.3 is 9.47 Å². The van der Waals surface area contributed by atoms with Crippen LogP contribution in [0.1, 0.15) is 56.3 Å². The number of rotatable bonds is 3. The molecule has 0 radical (unpaired) electrons. The van der Waals surface area contributed by atoms with E-state index >= 15 is 0 Å². The molecule has 1 fully saturated rings. The lowest BCUT2D eigenvalue weighted by Crippen LogP contribution is -2.43. The molecule has 1 saturated carbocycles. The maximum atomic E-state index is 14.0. The van der Waals surface area contributed by atoms with Crippen molar-refractivity contribution in [2.24, 2.45) is 0 Å². The van der Waals surface area contributed by atoms with Crippen molar-refractivity contribution in [3.63, 3.8) is 0 Å². The molecule has 7 heteroatoms. The van der Waals surface area contributed by atoms with Crippen LogP contribution in [0, 0.1) is 17.1 Å². The normalized spacial score (nSPS) is 19.1. The fourth-order valence-corrected chi connectivity index (χ4v) is 4.66. The summed E-state index contributed by atoms with van der Waals surface area (Å²) in [6.45, 7) is 1.23. The van der Waals surface area contributed by atoms with Crippen LogP contribution in [0.3, 0.4) is 0 Å². The van der Waals surface area contributed by atoms with Crippen molar-refractivity contribution < 1.29 is 17.6 Å². The molecule has 2 aromatic rings. The summed E-state index contributed by atoms with van der Waals surface area (Å²) in [5, 5.41) is 10.4. The molecule has 1 aromatic carbocycles. The highest BCUT2D eigenvalue weighted by molar-refractivity contribution is 5.93. The van der Waals surface area contributed by atoms with Crippen molar-refractivity contribution in [1.82, 2.24) is 9.47 Å². The number of allylic oxidation sites excluding steroid dienone is 2. The highest BCUT2D eigenvalue weighted by Crippen LogP contribution is 2.41. The van der Waals surface area contributed by atoms with E-state index in [-0.39, 0.29) is 18.2 Å². The van der Waals surface area contributed by atoms with Gasteiger partial charge in [-0.15, -0.1) is 0 Å². The van der Waals surface area contributed by atoms with Crippen molar-refractivity contribution in [1.29, 1.82) is 5.26 Å². The van der Waals surface area contributed by atoms with E-state index in [0.717, 1.165) is 39.0 Å². The molecule has 1 aliphatic carbocycles. The summed E-state index contributed by atoms with van der Waals surface area (Å²) < 4.78 is 56.8. The average molecular weight is 417 g/mol. The summed E-state index contributed by atoms with van der Waals surface area (Å²) in [5.41, 5.74) is 1.76. The molecule has 1 aromatic heterocycles. The molecule has 2 aliphatic rings. The van der Waals surface area contributed by atoms with Crippen LogP contribution in [0.5, 0.6) is 0 Å². The zero-order valence-corrected chi connectivity index (χ0v) is 16.7. The van der Waals surface area contributed by atoms with E-state index in [1.54, 1.807) is 24.3 Å². The van der Waals surface area contributed by atoms with Crippen LogP contribution >= 0.6 is 0 Å². The monoisotopic (exact) mass is 417 g/mol. The Hall–Kier alpha value is -2.75. The first-order chi connectivity index (χ1) is 14.3. The van der Waals surface area contributed by atoms with E-state index in [4.69, 9.17) is 0 Å². The molecule has 0 saturated heterocycles. The molecule has 158 valence electrons. The van der Waals surface area contributed by atoms with Gasteiger partial charge in [0.15, 0.2) is 0 Å². The standard InChI is InChI=1S/C23H23F4N3/c1-15(23(25,26)27)29-12-6-5-9-21(29)22-19(14-28)18-13-16(24)10-11-20(18)30(22)17-7-3-2-4-8-17/h5-6,9-11,13,15,17H,2-4,7-8,12H2,1H3/t15-/m0/s1. The van der Waals surface area contributed by atoms with Gasteiger partial charge in [-0.25, -0.2) is 4.39 Å². The Labute approximate surface area is 172 Å². The van der Waals surface area contributed by atoms with Gasteiger partial charge in [0, 0.05) is 18.0 Å². The van der Waals surface area contributed by atoms with Crippen molar-refractivity contribution >= 4 is 16.6 Å². The molecule has 0 bridgehead atoms. The van der Waals surface area contributed by atoms with Crippen LogP contribution in [0.4, 0.5) is 17.6 Å². The minimum atomic E-state index is -4.41. The maximum Gasteiger partial charge on any atom is 0.408 e. The first-order valence-corrected chi connectivity index (χ1v) is 10.3. The number of alkyl halides is 3. The number of nitrogens with zero attached hydrogens (tertiary/aromatic N) is 3. The molecule has 0 unspecified atom stereocenters. The third-order valence-electron chi connectivity index (χ3n) is 6.20. The zero-order valence-electron chi connectivity index (χ0n) is 16.7. The Morgan fingerprint density at radius 1 is 1.17 bits per heavy atom. The third kappa shape index (κ3) is 3.49. The van der Waals surface area contributed by atoms with Crippen molar-refractivity contribution in [2.75, 3.05) is 6.54 Å². The molecule has 2 heterocycles. The number of hydrogen-bond donors (Lipinski definition) is 0. The Morgan fingerprint density at radius 2 is 1.90 bits per heavy atom. The van der Waals surface area contributed by atoms with Gasteiger partial charge in [0.25, 0.3) is 0 Å². The topological polar surface area (TPSA) is 32.0 Å². The van der Waals surface area contributed by atoms with E-state index in [1.165, 1.54) is 17.0 Å². The Balaban J connectivity index is 1.98. The molecule has 0 N–H and O–H groups in total. The quantitative estimate of drug-likeness (QED) is 0.547. The van der Waals surface area contributed by atoms with Gasteiger partial charge in [-0.3, -0.25) is 0 Å². The second-order valence-electron chi connectivity index (χ2n) is 8.01. The average Bonchev–Trinajstić information content (AvgIpc) is 3.06. The highest BCUT2D eigenvalue weighted by atomic mass is 19.4. The van der Waals surface area contributed by atoms with E-state index in [2.05, 4.69) is 6.07 Å². The first kappa shape index (κ1) is 20.5. The van der Waals surface area contributed by atoms with Gasteiger partial charge in [-0.1, -0.05) is 31.4 Å². The van der Waals surface area contributed by atoms with Gasteiger partial charge >= 0.3 is 6.18 Å². The number of fused-ring (bicyclic) bond motifs is 1. The predicted molar refractivity (Wildman–Crippen MR) is 108 cm³/mol. The van der Waals surface area contributed by atoms with Gasteiger partial charge in [0.05, 0.1) is 22.5 Å². The van der Waals surface area contributed by atoms with Gasteiger partial charge in [-0.05, 0) is 44.0 Å². The largest absolute Gasteiger partial charge is 0.408 e. The number of hydrogen-bond acceptors (Lipinski definition) is 2. The fourth-order valence-electron chi connectivity index (χ4n) is 4.66. The van der Waals surface area contributed by atoms with Crippen molar-refractivity contribution in [3.8, 4) is 6.07 Å². The summed E-state index contributed by atoms with van der Waals surface area (Å²) in [6, 6.07) is 4.81. The van der Waals surface area contributed by atoms with Gasteiger partial charge in [0.2, 0.25) is 0 Å². The van der Waals surface area contributed by atoms with E-state index in [1.807, 2.05) is 4.57 Å². The Kier molecular flexibility index (Phi) is 5.35. The predicted octanol–water partition coefficient (Wildman–Crippen LogP) is 6.32.